The lowest BCUT2D eigenvalue weighted by molar-refractivity contribution is -0.126. The molecule has 0 N–H and O–H groups in total. The van der Waals surface area contributed by atoms with Crippen LogP contribution < -0.4 is 0 Å². The van der Waals surface area contributed by atoms with Crippen LogP contribution in [0.25, 0.3) is 0 Å². The second-order valence-electron chi connectivity index (χ2n) is 8.02. The lowest BCUT2D eigenvalue weighted by atomic mass is 9.92. The van der Waals surface area contributed by atoms with Crippen LogP contribution in [-0.4, -0.2) is 55.0 Å². The number of likely N-dealkylation sites (tertiary alicyclic amines) is 2. The summed E-state index contributed by atoms with van der Waals surface area (Å²) in [4.78, 5) is 17.4. The smallest absolute Gasteiger partial charge is 0.253 e. The van der Waals surface area contributed by atoms with Crippen LogP contribution >= 0.6 is 0 Å². The SMILES string of the molecule is O=C(C1=COCC1)N1C[C@H]2CCN(CC3CCCC3)CC[C@H]2C1. The van der Waals surface area contributed by atoms with E-state index in [-0.39, 0.29) is 5.91 Å². The molecule has 4 nitrogen and oxygen atoms in total. The minimum absolute atomic E-state index is 0.235. The van der Waals surface area contributed by atoms with Crippen LogP contribution in [0.5, 0.6) is 0 Å². The van der Waals surface area contributed by atoms with Crippen LogP contribution in [0.15, 0.2) is 11.8 Å². The highest BCUT2D eigenvalue weighted by Gasteiger charge is 2.38. The molecule has 1 aliphatic carbocycles. The van der Waals surface area contributed by atoms with Gasteiger partial charge in [0.2, 0.25) is 0 Å². The summed E-state index contributed by atoms with van der Waals surface area (Å²) in [6, 6.07) is 0. The summed E-state index contributed by atoms with van der Waals surface area (Å²) in [5.41, 5.74) is 0.879. The summed E-state index contributed by atoms with van der Waals surface area (Å²) < 4.78 is 5.24. The molecule has 0 radical (unpaired) electrons. The van der Waals surface area contributed by atoms with E-state index in [0.29, 0.717) is 6.61 Å². The molecule has 1 saturated carbocycles. The quantitative estimate of drug-likeness (QED) is 0.802. The molecule has 23 heavy (non-hydrogen) atoms. The van der Waals surface area contributed by atoms with Crippen molar-refractivity contribution in [1.29, 1.82) is 0 Å². The third kappa shape index (κ3) is 3.42. The molecule has 4 aliphatic rings. The van der Waals surface area contributed by atoms with E-state index < -0.39 is 0 Å². The number of hydrogen-bond donors (Lipinski definition) is 0. The zero-order chi connectivity index (χ0) is 15.6. The highest BCUT2D eigenvalue weighted by molar-refractivity contribution is 5.93. The number of nitrogens with zero attached hydrogens (tertiary/aromatic N) is 2. The molecular weight excluding hydrogens is 288 g/mol. The van der Waals surface area contributed by atoms with Gasteiger partial charge in [0, 0.05) is 26.1 Å². The van der Waals surface area contributed by atoms with Crippen molar-refractivity contribution in [3.05, 3.63) is 11.8 Å². The van der Waals surface area contributed by atoms with Crippen LogP contribution in [0.1, 0.15) is 44.9 Å². The molecule has 2 saturated heterocycles. The zero-order valence-electron chi connectivity index (χ0n) is 14.2. The average Bonchev–Trinajstić information content (AvgIpc) is 3.29. The minimum Gasteiger partial charge on any atom is -0.500 e. The van der Waals surface area contributed by atoms with Crippen molar-refractivity contribution in [3.8, 4) is 0 Å². The lowest BCUT2D eigenvalue weighted by Gasteiger charge is -2.24. The fourth-order valence-electron chi connectivity index (χ4n) is 5.06. The first kappa shape index (κ1) is 15.5. The Balaban J connectivity index is 1.29. The highest BCUT2D eigenvalue weighted by Crippen LogP contribution is 2.34. The van der Waals surface area contributed by atoms with Crippen LogP contribution in [0.3, 0.4) is 0 Å². The van der Waals surface area contributed by atoms with Gasteiger partial charge < -0.3 is 14.5 Å². The standard InChI is InChI=1S/C19H30N2O2/c22-19(18-7-10-23-14-18)21-12-16-5-8-20(9-6-17(16)13-21)11-15-3-1-2-4-15/h14-17H,1-13H2/t16-,17+. The molecule has 0 bridgehead atoms. The third-order valence-corrected chi connectivity index (χ3v) is 6.48. The Morgan fingerprint density at radius 3 is 2.39 bits per heavy atom. The maximum atomic E-state index is 12.5. The summed E-state index contributed by atoms with van der Waals surface area (Å²) in [6.45, 7) is 6.43. The van der Waals surface area contributed by atoms with Gasteiger partial charge in [-0.15, -0.1) is 0 Å². The minimum atomic E-state index is 0.235. The Labute approximate surface area is 139 Å². The van der Waals surface area contributed by atoms with E-state index in [9.17, 15) is 4.79 Å². The Morgan fingerprint density at radius 2 is 1.78 bits per heavy atom. The van der Waals surface area contributed by atoms with Crippen molar-refractivity contribution < 1.29 is 9.53 Å². The Bertz CT molecular complexity index is 454. The molecule has 3 aliphatic heterocycles. The van der Waals surface area contributed by atoms with Crippen molar-refractivity contribution in [3.63, 3.8) is 0 Å². The molecule has 4 heteroatoms. The first-order valence-electron chi connectivity index (χ1n) is 9.62. The van der Waals surface area contributed by atoms with E-state index in [0.717, 1.165) is 42.8 Å². The highest BCUT2D eigenvalue weighted by atomic mass is 16.5. The maximum Gasteiger partial charge on any atom is 0.253 e. The molecule has 0 spiro atoms. The van der Waals surface area contributed by atoms with E-state index in [4.69, 9.17) is 4.74 Å². The molecule has 128 valence electrons. The van der Waals surface area contributed by atoms with Gasteiger partial charge in [-0.05, 0) is 56.5 Å². The summed E-state index contributed by atoms with van der Waals surface area (Å²) >= 11 is 0. The monoisotopic (exact) mass is 318 g/mol. The summed E-state index contributed by atoms with van der Waals surface area (Å²) in [5.74, 6) is 2.63. The predicted octanol–water partition coefficient (Wildman–Crippen LogP) is 2.65. The van der Waals surface area contributed by atoms with Crippen molar-refractivity contribution >= 4 is 5.91 Å². The molecule has 3 fully saturated rings. The molecular formula is C19H30N2O2. The van der Waals surface area contributed by atoms with Crippen molar-refractivity contribution in [2.45, 2.75) is 44.9 Å². The Kier molecular flexibility index (Phi) is 4.61. The topological polar surface area (TPSA) is 32.8 Å². The Hall–Kier alpha value is -1.03. The molecule has 0 unspecified atom stereocenters. The van der Waals surface area contributed by atoms with Crippen LogP contribution in [0, 0.1) is 17.8 Å². The second kappa shape index (κ2) is 6.84. The van der Waals surface area contributed by atoms with E-state index in [2.05, 4.69) is 9.80 Å². The van der Waals surface area contributed by atoms with Crippen LogP contribution in [0.4, 0.5) is 0 Å². The number of hydrogen-bond acceptors (Lipinski definition) is 3. The number of fused-ring (bicyclic) bond motifs is 1. The first-order chi connectivity index (χ1) is 11.3. The largest absolute Gasteiger partial charge is 0.500 e. The number of amides is 1. The van der Waals surface area contributed by atoms with Gasteiger partial charge in [0.25, 0.3) is 5.91 Å². The molecule has 0 aromatic heterocycles. The van der Waals surface area contributed by atoms with Gasteiger partial charge >= 0.3 is 0 Å². The second-order valence-corrected chi connectivity index (χ2v) is 8.02. The van der Waals surface area contributed by atoms with E-state index in [1.165, 1.54) is 58.2 Å². The fraction of sp³-hybridized carbons (Fsp3) is 0.842. The number of carbonyl (C=O) groups excluding carboxylic acids is 1. The first-order valence-corrected chi connectivity index (χ1v) is 9.62. The van der Waals surface area contributed by atoms with Gasteiger partial charge in [-0.3, -0.25) is 4.79 Å². The molecule has 0 aromatic rings. The number of rotatable bonds is 3. The molecule has 2 atom stereocenters. The van der Waals surface area contributed by atoms with E-state index in [1.807, 2.05) is 0 Å². The van der Waals surface area contributed by atoms with E-state index >= 15 is 0 Å². The number of carbonyl (C=O) groups is 1. The average molecular weight is 318 g/mol. The van der Waals surface area contributed by atoms with Crippen molar-refractivity contribution in [2.75, 3.05) is 39.3 Å². The van der Waals surface area contributed by atoms with Gasteiger partial charge in [0.1, 0.15) is 0 Å². The van der Waals surface area contributed by atoms with Crippen molar-refractivity contribution in [1.82, 2.24) is 9.80 Å². The summed E-state index contributed by atoms with van der Waals surface area (Å²) in [6.07, 6.45) is 10.8. The van der Waals surface area contributed by atoms with Gasteiger partial charge in [0.05, 0.1) is 18.4 Å². The van der Waals surface area contributed by atoms with Crippen molar-refractivity contribution in [2.24, 2.45) is 17.8 Å². The number of ether oxygens (including phenoxy) is 1. The van der Waals surface area contributed by atoms with Crippen LogP contribution in [0.2, 0.25) is 0 Å². The van der Waals surface area contributed by atoms with Gasteiger partial charge in [0.15, 0.2) is 0 Å². The van der Waals surface area contributed by atoms with Gasteiger partial charge in [-0.2, -0.15) is 0 Å². The molecule has 4 rings (SSSR count). The zero-order valence-corrected chi connectivity index (χ0v) is 14.2. The van der Waals surface area contributed by atoms with E-state index in [1.54, 1.807) is 6.26 Å². The fourth-order valence-corrected chi connectivity index (χ4v) is 5.06. The maximum absolute atomic E-state index is 12.5. The van der Waals surface area contributed by atoms with Crippen LogP contribution in [-0.2, 0) is 9.53 Å². The van der Waals surface area contributed by atoms with Gasteiger partial charge in [-0.25, -0.2) is 0 Å². The molecule has 0 aromatic carbocycles. The molecule has 3 heterocycles. The van der Waals surface area contributed by atoms with Gasteiger partial charge in [-0.1, -0.05) is 12.8 Å². The third-order valence-electron chi connectivity index (χ3n) is 6.48. The normalized spacial score (nSPS) is 32.5. The summed E-state index contributed by atoms with van der Waals surface area (Å²) in [7, 11) is 0. The lowest BCUT2D eigenvalue weighted by Crippen LogP contribution is -2.33. The Morgan fingerprint density at radius 1 is 1.09 bits per heavy atom. The molecule has 1 amide bonds. The predicted molar refractivity (Wildman–Crippen MR) is 89.8 cm³/mol. The summed E-state index contributed by atoms with van der Waals surface area (Å²) in [5, 5.41) is 0.